The van der Waals surface area contributed by atoms with Gasteiger partial charge in [-0.1, -0.05) is 6.07 Å². The predicted octanol–water partition coefficient (Wildman–Crippen LogP) is 1.54. The maximum atomic E-state index is 11.2. The predicted molar refractivity (Wildman–Crippen MR) is 102 cm³/mol. The van der Waals surface area contributed by atoms with E-state index in [1.165, 1.54) is 6.07 Å². The van der Waals surface area contributed by atoms with E-state index in [1.807, 2.05) is 18.2 Å². The Kier molecular flexibility index (Phi) is 6.72. The molecule has 0 saturated carbocycles. The molecule has 2 aromatic carbocycles. The average molecular weight is 434 g/mol. The van der Waals surface area contributed by atoms with Crippen molar-refractivity contribution in [2.24, 2.45) is 0 Å². The van der Waals surface area contributed by atoms with Crippen LogP contribution in [0.25, 0.3) is 0 Å². The van der Waals surface area contributed by atoms with E-state index in [4.69, 9.17) is 38.7 Å². The van der Waals surface area contributed by atoms with Gasteiger partial charge in [-0.3, -0.25) is 10.1 Å². The van der Waals surface area contributed by atoms with E-state index in [0.29, 0.717) is 30.2 Å². The molecule has 0 amide bonds. The molecule has 0 spiro atoms. The Hall–Kier alpha value is -4.06. The number of hydrogen-bond donors (Lipinski definition) is 3. The molecule has 2 aromatic rings. The lowest BCUT2D eigenvalue weighted by Crippen LogP contribution is -2.17. The molecule has 0 saturated heterocycles. The van der Waals surface area contributed by atoms with Gasteiger partial charge in [0.2, 0.25) is 13.6 Å². The van der Waals surface area contributed by atoms with Gasteiger partial charge < -0.3 is 34.5 Å². The van der Waals surface area contributed by atoms with Crippen molar-refractivity contribution in [3.8, 4) is 23.0 Å². The van der Waals surface area contributed by atoms with Crippen LogP contribution in [0.4, 0.5) is 5.69 Å². The van der Waals surface area contributed by atoms with Gasteiger partial charge in [-0.05, 0) is 36.7 Å². The van der Waals surface area contributed by atoms with Crippen LogP contribution >= 0.6 is 0 Å². The highest BCUT2D eigenvalue weighted by molar-refractivity contribution is 6.27. The molecule has 0 atom stereocenters. The molecule has 0 fully saturated rings. The quantitative estimate of drug-likeness (QED) is 0.261. The van der Waals surface area contributed by atoms with Crippen LogP contribution in [0, 0.1) is 10.1 Å². The van der Waals surface area contributed by atoms with E-state index in [-0.39, 0.29) is 19.3 Å². The number of carboxylic acids is 2. The molecule has 0 aliphatic carbocycles. The highest BCUT2D eigenvalue weighted by atomic mass is 16.7. The van der Waals surface area contributed by atoms with Gasteiger partial charge in [-0.2, -0.15) is 0 Å². The number of rotatable bonds is 6. The molecule has 164 valence electrons. The number of ether oxygens (including phenoxy) is 4. The van der Waals surface area contributed by atoms with Gasteiger partial charge >= 0.3 is 11.9 Å². The molecule has 0 radical (unpaired) electrons. The summed E-state index contributed by atoms with van der Waals surface area (Å²) < 4.78 is 21.1. The van der Waals surface area contributed by atoms with Gasteiger partial charge in [-0.25, -0.2) is 9.59 Å². The highest BCUT2D eigenvalue weighted by Gasteiger charge is 2.23. The van der Waals surface area contributed by atoms with Crippen LogP contribution in [0.3, 0.4) is 0 Å². The topological polar surface area (TPSA) is 167 Å². The number of carboxylic acid groups (broad SMARTS) is 2. The molecule has 4 rings (SSSR count). The Bertz CT molecular complexity index is 995. The summed E-state index contributed by atoms with van der Waals surface area (Å²) in [5.41, 5.74) is 1.71. The van der Waals surface area contributed by atoms with Gasteiger partial charge in [0.05, 0.1) is 11.0 Å². The third-order valence-electron chi connectivity index (χ3n) is 4.30. The van der Waals surface area contributed by atoms with Crippen molar-refractivity contribution in [2.75, 3.05) is 20.1 Å². The van der Waals surface area contributed by atoms with Crippen molar-refractivity contribution in [3.05, 3.63) is 51.6 Å². The number of benzene rings is 2. The van der Waals surface area contributed by atoms with Crippen molar-refractivity contribution in [1.29, 1.82) is 0 Å². The summed E-state index contributed by atoms with van der Waals surface area (Å²) in [6.07, 6.45) is 0.773. The molecule has 12 heteroatoms. The molecule has 0 bridgehead atoms. The summed E-state index contributed by atoms with van der Waals surface area (Å²) in [6, 6.07) is 8.90. The van der Waals surface area contributed by atoms with E-state index < -0.39 is 16.9 Å². The number of aliphatic carboxylic acids is 2. The summed E-state index contributed by atoms with van der Waals surface area (Å²) in [5, 5.41) is 29.3. The number of fused-ring (bicyclic) bond motifs is 2. The summed E-state index contributed by atoms with van der Waals surface area (Å²) in [6.45, 7) is 1.39. The molecular weight excluding hydrogens is 416 g/mol. The van der Waals surface area contributed by atoms with E-state index in [1.54, 1.807) is 6.07 Å². The number of nitrogens with one attached hydrogen (secondary N) is 1. The summed E-state index contributed by atoms with van der Waals surface area (Å²) in [7, 11) is 0. The van der Waals surface area contributed by atoms with Gasteiger partial charge in [0.25, 0.3) is 5.69 Å². The molecule has 12 nitrogen and oxygen atoms in total. The standard InChI is InChI=1S/C17H16N2O6.C2H2O4/c20-19(21)13-7-17-16(24-10-25-17)6-12(13)8-18-4-3-11-1-2-14-15(5-11)23-9-22-14;3-1(4)2(5)6/h1-2,5-7,18H,3-4,8-10H2;(H,3,4)(H,5,6). The zero-order valence-corrected chi connectivity index (χ0v) is 16.0. The highest BCUT2D eigenvalue weighted by Crippen LogP contribution is 2.38. The average Bonchev–Trinajstić information content (AvgIpc) is 3.39. The SMILES string of the molecule is O=C(O)C(=O)O.O=[N+]([O-])c1cc2c(cc1CNCCc1ccc3c(c1)OCO3)OCO2. The van der Waals surface area contributed by atoms with Gasteiger partial charge in [0, 0.05) is 12.1 Å². The number of nitro groups is 1. The van der Waals surface area contributed by atoms with Crippen molar-refractivity contribution in [3.63, 3.8) is 0 Å². The molecule has 0 aromatic heterocycles. The minimum absolute atomic E-state index is 0.0276. The normalized spacial score (nSPS) is 12.6. The molecule has 0 unspecified atom stereocenters. The van der Waals surface area contributed by atoms with Crippen LogP contribution in [-0.2, 0) is 22.6 Å². The maximum absolute atomic E-state index is 11.2. The molecule has 2 aliphatic rings. The van der Waals surface area contributed by atoms with Gasteiger partial charge in [0.15, 0.2) is 23.0 Å². The maximum Gasteiger partial charge on any atom is 0.414 e. The van der Waals surface area contributed by atoms with Crippen molar-refractivity contribution in [1.82, 2.24) is 5.32 Å². The monoisotopic (exact) mass is 434 g/mol. The molecule has 2 heterocycles. The molecule has 31 heavy (non-hydrogen) atoms. The third-order valence-corrected chi connectivity index (χ3v) is 4.30. The Balaban J connectivity index is 0.000000401. The number of carbonyl (C=O) groups is 2. The fraction of sp³-hybridized carbons (Fsp3) is 0.263. The van der Waals surface area contributed by atoms with E-state index in [2.05, 4.69) is 5.32 Å². The van der Waals surface area contributed by atoms with E-state index >= 15 is 0 Å². The largest absolute Gasteiger partial charge is 0.473 e. The Morgan fingerprint density at radius 3 is 2.13 bits per heavy atom. The van der Waals surface area contributed by atoms with E-state index in [0.717, 1.165) is 23.5 Å². The zero-order valence-electron chi connectivity index (χ0n) is 16.0. The van der Waals surface area contributed by atoms with Crippen LogP contribution in [0.5, 0.6) is 23.0 Å². The molecular formula is C19H18N2O10. The lowest BCUT2D eigenvalue weighted by atomic mass is 10.1. The first-order valence-corrected chi connectivity index (χ1v) is 8.97. The lowest BCUT2D eigenvalue weighted by Gasteiger charge is -2.08. The fourth-order valence-corrected chi connectivity index (χ4v) is 2.84. The lowest BCUT2D eigenvalue weighted by molar-refractivity contribution is -0.385. The van der Waals surface area contributed by atoms with Crippen LogP contribution in [0.2, 0.25) is 0 Å². The van der Waals surface area contributed by atoms with Crippen LogP contribution in [0.1, 0.15) is 11.1 Å². The first-order valence-electron chi connectivity index (χ1n) is 8.97. The van der Waals surface area contributed by atoms with Crippen molar-refractivity contribution >= 4 is 17.6 Å². The number of hydrogen-bond acceptors (Lipinski definition) is 9. The smallest absolute Gasteiger partial charge is 0.414 e. The van der Waals surface area contributed by atoms with Crippen molar-refractivity contribution < 1.29 is 43.7 Å². The molecule has 2 aliphatic heterocycles. The summed E-state index contributed by atoms with van der Waals surface area (Å²) in [4.78, 5) is 29.0. The fourth-order valence-electron chi connectivity index (χ4n) is 2.84. The van der Waals surface area contributed by atoms with Crippen LogP contribution in [-0.4, -0.2) is 47.2 Å². The van der Waals surface area contributed by atoms with E-state index in [9.17, 15) is 10.1 Å². The van der Waals surface area contributed by atoms with Gasteiger partial charge in [0.1, 0.15) is 0 Å². The van der Waals surface area contributed by atoms with Gasteiger partial charge in [-0.15, -0.1) is 0 Å². The van der Waals surface area contributed by atoms with Crippen LogP contribution < -0.4 is 24.3 Å². The second kappa shape index (κ2) is 9.63. The minimum Gasteiger partial charge on any atom is -0.473 e. The Morgan fingerprint density at radius 1 is 0.935 bits per heavy atom. The third kappa shape index (κ3) is 5.51. The first-order chi connectivity index (χ1) is 14.8. The van der Waals surface area contributed by atoms with Crippen molar-refractivity contribution in [2.45, 2.75) is 13.0 Å². The first kappa shape index (κ1) is 21.6. The minimum atomic E-state index is -1.82. The Labute approximate surface area is 175 Å². The number of nitro benzene ring substituents is 1. The number of nitrogens with zero attached hydrogens (tertiary/aromatic N) is 1. The Morgan fingerprint density at radius 2 is 1.52 bits per heavy atom. The zero-order chi connectivity index (χ0) is 22.4. The second-order valence-electron chi connectivity index (χ2n) is 6.32. The second-order valence-corrected chi connectivity index (χ2v) is 6.32. The summed E-state index contributed by atoms with van der Waals surface area (Å²) >= 11 is 0. The van der Waals surface area contributed by atoms with Crippen LogP contribution in [0.15, 0.2) is 30.3 Å². The molecule has 3 N–H and O–H groups in total. The summed E-state index contributed by atoms with van der Waals surface area (Å²) in [5.74, 6) is -1.18.